The smallest absolute Gasteiger partial charge is 0.277 e. The second-order valence-corrected chi connectivity index (χ2v) is 4.95. The SMILES string of the molecule is CC(=O)c1c(-c2ccccc2[N+](=O)[O-])cc(C)c(Cl)c1F. The van der Waals surface area contributed by atoms with Crippen LogP contribution in [0.3, 0.4) is 0 Å². The first kappa shape index (κ1) is 15.1. The summed E-state index contributed by atoms with van der Waals surface area (Å²) in [6.45, 7) is 2.77. The van der Waals surface area contributed by atoms with E-state index in [-0.39, 0.29) is 27.4 Å². The molecule has 2 aromatic carbocycles. The highest BCUT2D eigenvalue weighted by Crippen LogP contribution is 2.37. The first-order chi connectivity index (χ1) is 9.84. The van der Waals surface area contributed by atoms with Crippen molar-refractivity contribution in [3.8, 4) is 11.1 Å². The van der Waals surface area contributed by atoms with Gasteiger partial charge in [-0.1, -0.05) is 23.7 Å². The average Bonchev–Trinajstić information content (AvgIpc) is 2.43. The molecule has 0 amide bonds. The van der Waals surface area contributed by atoms with E-state index in [1.165, 1.54) is 31.2 Å². The Bertz CT molecular complexity index is 759. The fraction of sp³-hybridized carbons (Fsp3) is 0.133. The number of Topliss-reactive ketones (excluding diaryl/α,β-unsaturated/α-hetero) is 1. The number of para-hydroxylation sites is 1. The van der Waals surface area contributed by atoms with E-state index in [0.717, 1.165) is 0 Å². The molecule has 0 atom stereocenters. The molecule has 0 aliphatic rings. The predicted molar refractivity (Wildman–Crippen MR) is 78.2 cm³/mol. The number of nitro benzene ring substituents is 1. The van der Waals surface area contributed by atoms with Crippen molar-refractivity contribution in [3.05, 3.63) is 62.4 Å². The molecule has 0 aliphatic heterocycles. The number of nitro groups is 1. The standard InChI is InChI=1S/C15H11ClFNO3/c1-8-7-11(13(9(2)19)15(17)14(8)16)10-5-3-4-6-12(10)18(20)21/h3-7H,1-2H3. The van der Waals surface area contributed by atoms with Crippen molar-refractivity contribution < 1.29 is 14.1 Å². The summed E-state index contributed by atoms with van der Waals surface area (Å²) in [6.07, 6.45) is 0. The first-order valence-electron chi connectivity index (χ1n) is 6.08. The van der Waals surface area contributed by atoms with Crippen LogP contribution in [0.5, 0.6) is 0 Å². The Labute approximate surface area is 125 Å². The Morgan fingerprint density at radius 3 is 2.48 bits per heavy atom. The number of hydrogen-bond donors (Lipinski definition) is 0. The number of carbonyl (C=O) groups is 1. The van der Waals surface area contributed by atoms with Gasteiger partial charge in [0, 0.05) is 11.6 Å². The second kappa shape index (κ2) is 5.61. The molecule has 4 nitrogen and oxygen atoms in total. The maximum Gasteiger partial charge on any atom is 0.277 e. The summed E-state index contributed by atoms with van der Waals surface area (Å²) in [5, 5.41) is 11.0. The molecular weight excluding hydrogens is 297 g/mol. The van der Waals surface area contributed by atoms with Crippen LogP contribution in [0.4, 0.5) is 10.1 Å². The summed E-state index contributed by atoms with van der Waals surface area (Å²) < 4.78 is 14.3. The van der Waals surface area contributed by atoms with Gasteiger partial charge >= 0.3 is 0 Å². The molecule has 0 unspecified atom stereocenters. The van der Waals surface area contributed by atoms with Gasteiger partial charge in [0.05, 0.1) is 21.1 Å². The van der Waals surface area contributed by atoms with Crippen LogP contribution in [0, 0.1) is 22.9 Å². The summed E-state index contributed by atoms with van der Waals surface area (Å²) in [4.78, 5) is 22.3. The van der Waals surface area contributed by atoms with Crippen LogP contribution in [0.2, 0.25) is 5.02 Å². The van der Waals surface area contributed by atoms with Gasteiger partial charge in [0.15, 0.2) is 11.6 Å². The van der Waals surface area contributed by atoms with Gasteiger partial charge in [0.25, 0.3) is 5.69 Å². The fourth-order valence-corrected chi connectivity index (χ4v) is 2.32. The number of hydrogen-bond acceptors (Lipinski definition) is 3. The molecule has 21 heavy (non-hydrogen) atoms. The summed E-state index contributed by atoms with van der Waals surface area (Å²) in [5.41, 5.74) is 0.342. The lowest BCUT2D eigenvalue weighted by molar-refractivity contribution is -0.384. The highest BCUT2D eigenvalue weighted by Gasteiger charge is 2.24. The number of carbonyl (C=O) groups excluding carboxylic acids is 1. The third-order valence-corrected chi connectivity index (χ3v) is 3.60. The van der Waals surface area contributed by atoms with E-state index in [2.05, 4.69) is 0 Å². The molecule has 6 heteroatoms. The minimum atomic E-state index is -0.850. The third kappa shape index (κ3) is 2.64. The van der Waals surface area contributed by atoms with Gasteiger partial charge in [0.2, 0.25) is 0 Å². The largest absolute Gasteiger partial charge is 0.294 e. The topological polar surface area (TPSA) is 60.2 Å². The fourth-order valence-electron chi connectivity index (χ4n) is 2.17. The lowest BCUT2D eigenvalue weighted by atomic mass is 9.94. The lowest BCUT2D eigenvalue weighted by Gasteiger charge is -2.12. The van der Waals surface area contributed by atoms with Crippen LogP contribution in [0.1, 0.15) is 22.8 Å². The molecule has 0 saturated carbocycles. The van der Waals surface area contributed by atoms with Crippen LogP contribution >= 0.6 is 11.6 Å². The van der Waals surface area contributed by atoms with Gasteiger partial charge < -0.3 is 0 Å². The summed E-state index contributed by atoms with van der Waals surface area (Å²) in [5.74, 6) is -1.39. The zero-order valence-electron chi connectivity index (χ0n) is 11.3. The van der Waals surface area contributed by atoms with E-state index < -0.39 is 16.5 Å². The molecule has 2 rings (SSSR count). The Morgan fingerprint density at radius 2 is 1.90 bits per heavy atom. The Hall–Kier alpha value is -2.27. The van der Waals surface area contributed by atoms with Gasteiger partial charge in [-0.3, -0.25) is 14.9 Å². The van der Waals surface area contributed by atoms with E-state index in [0.29, 0.717) is 5.56 Å². The zero-order valence-corrected chi connectivity index (χ0v) is 12.1. The van der Waals surface area contributed by atoms with Crippen molar-refractivity contribution in [3.63, 3.8) is 0 Å². The van der Waals surface area contributed by atoms with Crippen molar-refractivity contribution in [1.29, 1.82) is 0 Å². The number of halogens is 2. The van der Waals surface area contributed by atoms with Gasteiger partial charge in [-0.25, -0.2) is 4.39 Å². The Morgan fingerprint density at radius 1 is 1.29 bits per heavy atom. The molecule has 0 saturated heterocycles. The minimum absolute atomic E-state index is 0.150. The molecule has 2 aromatic rings. The summed E-state index contributed by atoms with van der Waals surface area (Å²) in [7, 11) is 0. The first-order valence-corrected chi connectivity index (χ1v) is 6.45. The molecule has 0 aromatic heterocycles. The van der Waals surface area contributed by atoms with Gasteiger partial charge in [-0.2, -0.15) is 0 Å². The van der Waals surface area contributed by atoms with Gasteiger partial charge in [-0.05, 0) is 31.5 Å². The maximum absolute atomic E-state index is 14.3. The van der Waals surface area contributed by atoms with E-state index in [1.54, 1.807) is 13.0 Å². The van der Waals surface area contributed by atoms with Crippen molar-refractivity contribution in [2.75, 3.05) is 0 Å². The van der Waals surface area contributed by atoms with Crippen molar-refractivity contribution in [2.24, 2.45) is 0 Å². The molecule has 108 valence electrons. The number of benzene rings is 2. The van der Waals surface area contributed by atoms with Crippen LogP contribution in [0.25, 0.3) is 11.1 Å². The normalized spacial score (nSPS) is 10.5. The summed E-state index contributed by atoms with van der Waals surface area (Å²) >= 11 is 5.83. The number of nitrogens with zero attached hydrogens (tertiary/aromatic N) is 1. The van der Waals surface area contributed by atoms with E-state index in [4.69, 9.17) is 11.6 Å². The van der Waals surface area contributed by atoms with Crippen LogP contribution in [-0.4, -0.2) is 10.7 Å². The average molecular weight is 308 g/mol. The Balaban J connectivity index is 2.88. The zero-order chi connectivity index (χ0) is 15.7. The quantitative estimate of drug-likeness (QED) is 0.474. The van der Waals surface area contributed by atoms with E-state index in [9.17, 15) is 19.3 Å². The van der Waals surface area contributed by atoms with Crippen LogP contribution in [-0.2, 0) is 0 Å². The van der Waals surface area contributed by atoms with Gasteiger partial charge in [-0.15, -0.1) is 0 Å². The van der Waals surface area contributed by atoms with E-state index >= 15 is 0 Å². The lowest BCUT2D eigenvalue weighted by Crippen LogP contribution is -2.04. The number of rotatable bonds is 3. The van der Waals surface area contributed by atoms with Crippen LogP contribution in [0.15, 0.2) is 30.3 Å². The second-order valence-electron chi connectivity index (χ2n) is 4.57. The molecular formula is C15H11ClFNO3. The third-order valence-electron chi connectivity index (χ3n) is 3.13. The Kier molecular flexibility index (Phi) is 4.04. The van der Waals surface area contributed by atoms with E-state index in [1.807, 2.05) is 0 Å². The molecule has 0 fully saturated rings. The molecule has 0 aliphatic carbocycles. The highest BCUT2D eigenvalue weighted by atomic mass is 35.5. The predicted octanol–water partition coefficient (Wildman–Crippen LogP) is 4.57. The van der Waals surface area contributed by atoms with Crippen molar-refractivity contribution in [1.82, 2.24) is 0 Å². The molecule has 0 radical (unpaired) electrons. The van der Waals surface area contributed by atoms with Crippen LogP contribution < -0.4 is 0 Å². The maximum atomic E-state index is 14.3. The number of aryl methyl sites for hydroxylation is 1. The monoisotopic (exact) mass is 307 g/mol. The summed E-state index contributed by atoms with van der Waals surface area (Å²) in [6, 6.07) is 7.38. The van der Waals surface area contributed by atoms with Crippen molar-refractivity contribution in [2.45, 2.75) is 13.8 Å². The van der Waals surface area contributed by atoms with Gasteiger partial charge in [0.1, 0.15) is 0 Å². The molecule has 0 spiro atoms. The molecule has 0 N–H and O–H groups in total. The van der Waals surface area contributed by atoms with Crippen molar-refractivity contribution >= 4 is 23.1 Å². The molecule has 0 bridgehead atoms. The molecule has 0 heterocycles. The number of ketones is 1. The highest BCUT2D eigenvalue weighted by molar-refractivity contribution is 6.32. The minimum Gasteiger partial charge on any atom is -0.294 e.